The van der Waals surface area contributed by atoms with Crippen molar-refractivity contribution in [1.29, 1.82) is 0 Å². The van der Waals surface area contributed by atoms with Gasteiger partial charge >= 0.3 is 0 Å². The Morgan fingerprint density at radius 3 is 1.97 bits per heavy atom. The second-order valence-electron chi connectivity index (χ2n) is 7.58. The lowest BCUT2D eigenvalue weighted by Gasteiger charge is -2.23. The van der Waals surface area contributed by atoms with Crippen molar-refractivity contribution < 1.29 is 0 Å². The number of hydrogen-bond acceptors (Lipinski definition) is 1. The van der Waals surface area contributed by atoms with Crippen LogP contribution in [0.15, 0.2) is 98.6 Å². The molecule has 1 nitrogen and oxygen atoms in total. The maximum Gasteiger partial charge on any atom is 0.0387 e. The van der Waals surface area contributed by atoms with Crippen LogP contribution in [0.4, 0.5) is 11.4 Å². The lowest BCUT2D eigenvalue weighted by atomic mass is 9.81. The second-order valence-corrected chi connectivity index (χ2v) is 7.58. The minimum atomic E-state index is -0.0327. The van der Waals surface area contributed by atoms with Crippen molar-refractivity contribution in [2.24, 2.45) is 0 Å². The SMILES string of the molecule is C=C.C=C/C(=C\C)c1ccc2c(c1)C(C)(C)c1cc(Nc3ccccc3)ccc1-2.CC. The van der Waals surface area contributed by atoms with Gasteiger partial charge in [-0.3, -0.25) is 0 Å². The zero-order valence-electron chi connectivity index (χ0n) is 19.6. The predicted molar refractivity (Wildman–Crippen MR) is 140 cm³/mol. The molecule has 0 amide bonds. The lowest BCUT2D eigenvalue weighted by molar-refractivity contribution is 0.660. The molecule has 0 aliphatic heterocycles. The highest BCUT2D eigenvalue weighted by atomic mass is 14.9. The summed E-state index contributed by atoms with van der Waals surface area (Å²) in [6.45, 7) is 20.6. The van der Waals surface area contributed by atoms with E-state index in [1.165, 1.54) is 33.4 Å². The molecule has 4 rings (SSSR count). The fourth-order valence-electron chi connectivity index (χ4n) is 4.09. The van der Waals surface area contributed by atoms with E-state index in [4.69, 9.17) is 0 Å². The van der Waals surface area contributed by atoms with Crippen LogP contribution >= 0.6 is 0 Å². The molecule has 1 aliphatic rings. The van der Waals surface area contributed by atoms with Crippen LogP contribution in [0.2, 0.25) is 0 Å². The summed E-state index contributed by atoms with van der Waals surface area (Å²) in [6.07, 6.45) is 4.05. The van der Waals surface area contributed by atoms with Gasteiger partial charge in [0, 0.05) is 16.8 Å². The van der Waals surface area contributed by atoms with E-state index < -0.39 is 0 Å². The van der Waals surface area contributed by atoms with Crippen LogP contribution in [0, 0.1) is 0 Å². The molecule has 0 heterocycles. The molecule has 0 unspecified atom stereocenters. The third kappa shape index (κ3) is 4.72. The van der Waals surface area contributed by atoms with Crippen molar-refractivity contribution in [3.05, 3.63) is 115 Å². The van der Waals surface area contributed by atoms with Gasteiger partial charge in [0.05, 0.1) is 0 Å². The van der Waals surface area contributed by atoms with E-state index in [0.29, 0.717) is 0 Å². The predicted octanol–water partition coefficient (Wildman–Crippen LogP) is 9.15. The molecule has 0 atom stereocenters. The molecule has 0 spiro atoms. The Morgan fingerprint density at radius 1 is 0.806 bits per heavy atom. The molecule has 31 heavy (non-hydrogen) atoms. The maximum absolute atomic E-state index is 3.95. The number of allylic oxidation sites excluding steroid dienone is 3. The molecule has 0 fully saturated rings. The van der Waals surface area contributed by atoms with Crippen LogP contribution in [0.5, 0.6) is 0 Å². The Kier molecular flexibility index (Phi) is 8.22. The van der Waals surface area contributed by atoms with Crippen molar-refractivity contribution in [3.63, 3.8) is 0 Å². The highest BCUT2D eigenvalue weighted by Gasteiger charge is 2.35. The van der Waals surface area contributed by atoms with Gasteiger partial charge in [-0.2, -0.15) is 0 Å². The van der Waals surface area contributed by atoms with Crippen molar-refractivity contribution in [3.8, 4) is 11.1 Å². The van der Waals surface area contributed by atoms with Crippen LogP contribution in [0.1, 0.15) is 51.3 Å². The standard InChI is InChI=1S/C26H25N.C2H6.C2H4/c1-5-18(6-2)19-12-14-22-23-15-13-21(27-20-10-8-7-9-11-20)17-25(23)26(3,4)24(22)16-19;2*1-2/h5-17,27H,1H2,2-4H3;1-2H3;1-2H2/b18-6+;;. The van der Waals surface area contributed by atoms with Crippen LogP contribution in [0.3, 0.4) is 0 Å². The minimum absolute atomic E-state index is 0.0327. The van der Waals surface area contributed by atoms with E-state index in [9.17, 15) is 0 Å². The van der Waals surface area contributed by atoms with Crippen LogP contribution in [-0.2, 0) is 5.41 Å². The zero-order chi connectivity index (χ0) is 23.0. The van der Waals surface area contributed by atoms with Gasteiger partial charge in [-0.1, -0.05) is 82.8 Å². The third-order valence-electron chi connectivity index (χ3n) is 5.60. The summed E-state index contributed by atoms with van der Waals surface area (Å²) in [6, 6.07) is 23.8. The van der Waals surface area contributed by atoms with E-state index in [1.54, 1.807) is 0 Å². The van der Waals surface area contributed by atoms with Gasteiger partial charge in [0.25, 0.3) is 0 Å². The van der Waals surface area contributed by atoms with Gasteiger partial charge in [-0.15, -0.1) is 13.2 Å². The molecule has 3 aromatic carbocycles. The first-order valence-corrected chi connectivity index (χ1v) is 10.9. The van der Waals surface area contributed by atoms with E-state index in [1.807, 2.05) is 26.0 Å². The molecule has 0 saturated heterocycles. The van der Waals surface area contributed by atoms with Gasteiger partial charge in [-0.25, -0.2) is 0 Å². The van der Waals surface area contributed by atoms with E-state index in [2.05, 4.69) is 113 Å². The highest BCUT2D eigenvalue weighted by molar-refractivity contribution is 5.85. The maximum atomic E-state index is 3.95. The van der Waals surface area contributed by atoms with Gasteiger partial charge < -0.3 is 5.32 Å². The average molecular weight is 410 g/mol. The number of para-hydroxylation sites is 1. The Bertz CT molecular complexity index is 1060. The molecular weight excluding hydrogens is 374 g/mol. The first-order chi connectivity index (χ1) is 15.0. The van der Waals surface area contributed by atoms with E-state index in [-0.39, 0.29) is 5.41 Å². The molecule has 1 N–H and O–H groups in total. The Balaban J connectivity index is 0.000000807. The number of rotatable bonds is 4. The van der Waals surface area contributed by atoms with Crippen LogP contribution in [0.25, 0.3) is 16.7 Å². The molecule has 0 aromatic heterocycles. The van der Waals surface area contributed by atoms with E-state index in [0.717, 1.165) is 11.4 Å². The first kappa shape index (κ1) is 24.0. The summed E-state index contributed by atoms with van der Waals surface area (Å²) in [7, 11) is 0. The summed E-state index contributed by atoms with van der Waals surface area (Å²) in [4.78, 5) is 0. The monoisotopic (exact) mass is 409 g/mol. The van der Waals surface area contributed by atoms with Crippen molar-refractivity contribution in [2.75, 3.05) is 5.32 Å². The zero-order valence-corrected chi connectivity index (χ0v) is 19.6. The van der Waals surface area contributed by atoms with Crippen LogP contribution < -0.4 is 5.32 Å². The molecule has 0 bridgehead atoms. The van der Waals surface area contributed by atoms with Crippen molar-refractivity contribution >= 4 is 16.9 Å². The number of nitrogens with one attached hydrogen (secondary N) is 1. The van der Waals surface area contributed by atoms with Gasteiger partial charge in [0.2, 0.25) is 0 Å². The largest absolute Gasteiger partial charge is 0.356 e. The fourth-order valence-corrected chi connectivity index (χ4v) is 4.09. The molecule has 1 heteroatoms. The Morgan fingerprint density at radius 2 is 1.39 bits per heavy atom. The molecular formula is C30H35N. The lowest BCUT2D eigenvalue weighted by Crippen LogP contribution is -2.15. The minimum Gasteiger partial charge on any atom is -0.356 e. The van der Waals surface area contributed by atoms with Crippen molar-refractivity contribution in [1.82, 2.24) is 0 Å². The average Bonchev–Trinajstić information content (AvgIpc) is 3.04. The van der Waals surface area contributed by atoms with E-state index >= 15 is 0 Å². The third-order valence-corrected chi connectivity index (χ3v) is 5.60. The normalized spacial score (nSPS) is 12.9. The number of benzene rings is 3. The first-order valence-electron chi connectivity index (χ1n) is 10.9. The number of anilines is 2. The summed E-state index contributed by atoms with van der Waals surface area (Å²) in [5, 5.41) is 3.52. The topological polar surface area (TPSA) is 12.0 Å². The van der Waals surface area contributed by atoms with Gasteiger partial charge in [-0.05, 0) is 70.6 Å². The van der Waals surface area contributed by atoms with Crippen LogP contribution in [-0.4, -0.2) is 0 Å². The quantitative estimate of drug-likeness (QED) is 0.334. The Labute approximate surface area is 188 Å². The van der Waals surface area contributed by atoms with Gasteiger partial charge in [0.1, 0.15) is 0 Å². The fraction of sp³-hybridized carbons (Fsp3) is 0.200. The molecule has 3 aromatic rings. The number of fused-ring (bicyclic) bond motifs is 3. The second kappa shape index (κ2) is 10.6. The smallest absolute Gasteiger partial charge is 0.0387 e. The molecule has 0 saturated carbocycles. The molecule has 160 valence electrons. The number of hydrogen-bond donors (Lipinski definition) is 1. The van der Waals surface area contributed by atoms with Gasteiger partial charge in [0.15, 0.2) is 0 Å². The summed E-state index contributed by atoms with van der Waals surface area (Å²) in [5.41, 5.74) is 10.0. The molecule has 0 radical (unpaired) electrons. The summed E-state index contributed by atoms with van der Waals surface area (Å²) in [5.74, 6) is 0. The summed E-state index contributed by atoms with van der Waals surface area (Å²) >= 11 is 0. The Hall–Kier alpha value is -3.32. The highest BCUT2D eigenvalue weighted by Crippen LogP contribution is 2.50. The summed E-state index contributed by atoms with van der Waals surface area (Å²) < 4.78 is 0. The molecule has 1 aliphatic carbocycles. The van der Waals surface area contributed by atoms with Crippen molar-refractivity contribution in [2.45, 2.75) is 40.0 Å².